The van der Waals surface area contributed by atoms with Crippen LogP contribution in [-0.2, 0) is 4.74 Å². The van der Waals surface area contributed by atoms with E-state index in [1.165, 1.54) is 6.07 Å². The van der Waals surface area contributed by atoms with E-state index in [9.17, 15) is 18.0 Å². The molecular weight excluding hydrogens is 265 g/mol. The SMILES string of the molecule is CCOC(=O)c1ccnc(OC(C)C(F)(F)F)c1N. The van der Waals surface area contributed by atoms with E-state index in [1.54, 1.807) is 6.92 Å². The van der Waals surface area contributed by atoms with Gasteiger partial charge in [-0.25, -0.2) is 9.78 Å². The Balaban J connectivity index is 2.98. The van der Waals surface area contributed by atoms with E-state index < -0.39 is 24.1 Å². The van der Waals surface area contributed by atoms with Crippen molar-refractivity contribution in [3.05, 3.63) is 17.8 Å². The van der Waals surface area contributed by atoms with Gasteiger partial charge >= 0.3 is 12.1 Å². The number of ether oxygens (including phenoxy) is 2. The van der Waals surface area contributed by atoms with Crippen molar-refractivity contribution in [3.8, 4) is 5.88 Å². The van der Waals surface area contributed by atoms with Crippen LogP contribution in [0, 0.1) is 0 Å². The number of nitrogens with zero attached hydrogens (tertiary/aromatic N) is 1. The van der Waals surface area contributed by atoms with Crippen LogP contribution in [0.1, 0.15) is 24.2 Å². The third kappa shape index (κ3) is 3.73. The molecule has 0 aliphatic rings. The predicted octanol–water partition coefficient (Wildman–Crippen LogP) is 2.17. The molecular formula is C11H13F3N2O3. The Bertz CT molecular complexity index is 463. The standard InChI is InChI=1S/C11H13F3N2O3/c1-3-18-10(17)7-4-5-16-9(8(7)15)19-6(2)11(12,13)14/h4-6H,3,15H2,1-2H3. The van der Waals surface area contributed by atoms with Crippen LogP contribution >= 0.6 is 0 Å². The number of carbonyl (C=O) groups excluding carboxylic acids is 1. The van der Waals surface area contributed by atoms with Gasteiger partial charge in [-0.3, -0.25) is 0 Å². The van der Waals surface area contributed by atoms with Crippen molar-refractivity contribution >= 4 is 11.7 Å². The molecule has 0 saturated carbocycles. The molecule has 106 valence electrons. The van der Waals surface area contributed by atoms with Gasteiger partial charge in [0.15, 0.2) is 6.10 Å². The fraction of sp³-hybridized carbons (Fsp3) is 0.455. The first-order valence-corrected chi connectivity index (χ1v) is 5.42. The number of esters is 1. The van der Waals surface area contributed by atoms with Crippen LogP contribution in [0.25, 0.3) is 0 Å². The summed E-state index contributed by atoms with van der Waals surface area (Å²) in [6.07, 6.45) is -5.51. The fourth-order valence-corrected chi connectivity index (χ4v) is 1.17. The third-order valence-electron chi connectivity index (χ3n) is 2.20. The topological polar surface area (TPSA) is 74.4 Å². The molecule has 1 aromatic rings. The van der Waals surface area contributed by atoms with Gasteiger partial charge in [0.05, 0.1) is 12.2 Å². The van der Waals surface area contributed by atoms with Crippen molar-refractivity contribution in [1.82, 2.24) is 4.98 Å². The van der Waals surface area contributed by atoms with Gasteiger partial charge < -0.3 is 15.2 Å². The summed E-state index contributed by atoms with van der Waals surface area (Å²) in [6.45, 7) is 2.53. The third-order valence-corrected chi connectivity index (χ3v) is 2.20. The Morgan fingerprint density at radius 2 is 2.16 bits per heavy atom. The number of nitrogen functional groups attached to an aromatic ring is 1. The van der Waals surface area contributed by atoms with Gasteiger partial charge in [0.1, 0.15) is 5.69 Å². The summed E-state index contributed by atoms with van der Waals surface area (Å²) in [5.74, 6) is -1.19. The molecule has 0 aromatic carbocycles. The zero-order valence-corrected chi connectivity index (χ0v) is 10.3. The summed E-state index contributed by atoms with van der Waals surface area (Å²) in [7, 11) is 0. The van der Waals surface area contributed by atoms with Crippen LogP contribution in [0.5, 0.6) is 5.88 Å². The molecule has 8 heteroatoms. The summed E-state index contributed by atoms with van der Waals surface area (Å²) >= 11 is 0. The smallest absolute Gasteiger partial charge is 0.425 e. The molecule has 0 aliphatic heterocycles. The normalized spacial score (nSPS) is 12.9. The van der Waals surface area contributed by atoms with E-state index in [1.807, 2.05) is 0 Å². The summed E-state index contributed by atoms with van der Waals surface area (Å²) < 4.78 is 46.4. The molecule has 5 nitrogen and oxygen atoms in total. The molecule has 1 aromatic heterocycles. The Morgan fingerprint density at radius 3 is 2.68 bits per heavy atom. The van der Waals surface area contributed by atoms with E-state index in [0.717, 1.165) is 13.1 Å². The molecule has 1 heterocycles. The number of hydrogen-bond donors (Lipinski definition) is 1. The Labute approximate surface area is 107 Å². The maximum absolute atomic E-state index is 12.4. The van der Waals surface area contributed by atoms with Gasteiger partial charge in [-0.05, 0) is 19.9 Å². The van der Waals surface area contributed by atoms with Gasteiger partial charge in [0.2, 0.25) is 5.88 Å². The van der Waals surface area contributed by atoms with Crippen LogP contribution < -0.4 is 10.5 Å². The van der Waals surface area contributed by atoms with Crippen molar-refractivity contribution in [3.63, 3.8) is 0 Å². The average molecular weight is 278 g/mol. The lowest BCUT2D eigenvalue weighted by Crippen LogP contribution is -2.31. The number of pyridine rings is 1. The fourth-order valence-electron chi connectivity index (χ4n) is 1.17. The maximum atomic E-state index is 12.4. The lowest BCUT2D eigenvalue weighted by atomic mass is 10.2. The second kappa shape index (κ2) is 5.77. The zero-order chi connectivity index (χ0) is 14.6. The number of halogens is 3. The minimum absolute atomic E-state index is 0.0822. The lowest BCUT2D eigenvalue weighted by Gasteiger charge is -2.18. The van der Waals surface area contributed by atoms with Crippen molar-refractivity contribution in [2.24, 2.45) is 0 Å². The highest BCUT2D eigenvalue weighted by atomic mass is 19.4. The largest absolute Gasteiger partial charge is 0.463 e. The van der Waals surface area contributed by atoms with Crippen molar-refractivity contribution in [2.45, 2.75) is 26.1 Å². The van der Waals surface area contributed by atoms with Crippen LogP contribution in [0.15, 0.2) is 12.3 Å². The number of rotatable bonds is 4. The number of aromatic nitrogens is 1. The van der Waals surface area contributed by atoms with E-state index in [0.29, 0.717) is 0 Å². The van der Waals surface area contributed by atoms with E-state index >= 15 is 0 Å². The zero-order valence-electron chi connectivity index (χ0n) is 10.3. The molecule has 1 unspecified atom stereocenters. The molecule has 0 amide bonds. The van der Waals surface area contributed by atoms with Gasteiger partial charge in [-0.1, -0.05) is 0 Å². The Morgan fingerprint density at radius 1 is 1.53 bits per heavy atom. The summed E-state index contributed by atoms with van der Waals surface area (Å²) in [6, 6.07) is 1.25. The minimum atomic E-state index is -4.55. The van der Waals surface area contributed by atoms with E-state index in [2.05, 4.69) is 9.72 Å². The van der Waals surface area contributed by atoms with Gasteiger partial charge in [-0.15, -0.1) is 0 Å². The van der Waals surface area contributed by atoms with Crippen LogP contribution in [0.4, 0.5) is 18.9 Å². The highest BCUT2D eigenvalue weighted by Gasteiger charge is 2.38. The van der Waals surface area contributed by atoms with Gasteiger partial charge in [0.25, 0.3) is 0 Å². The molecule has 0 saturated heterocycles. The van der Waals surface area contributed by atoms with Crippen LogP contribution in [0.2, 0.25) is 0 Å². The predicted molar refractivity (Wildman–Crippen MR) is 60.8 cm³/mol. The highest BCUT2D eigenvalue weighted by molar-refractivity contribution is 5.96. The molecule has 0 spiro atoms. The Hall–Kier alpha value is -1.99. The highest BCUT2D eigenvalue weighted by Crippen LogP contribution is 2.28. The molecule has 0 aliphatic carbocycles. The molecule has 0 bridgehead atoms. The number of carbonyl (C=O) groups is 1. The number of anilines is 1. The van der Waals surface area contributed by atoms with E-state index in [4.69, 9.17) is 10.5 Å². The average Bonchev–Trinajstić information content (AvgIpc) is 2.30. The number of nitrogens with two attached hydrogens (primary N) is 1. The van der Waals surface area contributed by atoms with E-state index in [-0.39, 0.29) is 17.9 Å². The number of hydrogen-bond acceptors (Lipinski definition) is 5. The molecule has 1 atom stereocenters. The van der Waals surface area contributed by atoms with Gasteiger partial charge in [-0.2, -0.15) is 13.2 Å². The Kier molecular flexibility index (Phi) is 4.57. The molecule has 0 fully saturated rings. The first-order chi connectivity index (χ1) is 8.77. The second-order valence-electron chi connectivity index (χ2n) is 3.60. The summed E-state index contributed by atoms with van der Waals surface area (Å²) in [5.41, 5.74) is 5.19. The molecule has 0 radical (unpaired) electrons. The monoisotopic (exact) mass is 278 g/mol. The lowest BCUT2D eigenvalue weighted by molar-refractivity contribution is -0.189. The molecule has 1 rings (SSSR count). The van der Waals surface area contributed by atoms with Crippen LogP contribution in [-0.4, -0.2) is 29.8 Å². The first-order valence-electron chi connectivity index (χ1n) is 5.42. The van der Waals surface area contributed by atoms with Crippen molar-refractivity contribution in [1.29, 1.82) is 0 Å². The van der Waals surface area contributed by atoms with Crippen molar-refractivity contribution in [2.75, 3.05) is 12.3 Å². The molecule has 2 N–H and O–H groups in total. The summed E-state index contributed by atoms with van der Waals surface area (Å²) in [5, 5.41) is 0. The maximum Gasteiger partial charge on any atom is 0.425 e. The second-order valence-corrected chi connectivity index (χ2v) is 3.60. The minimum Gasteiger partial charge on any atom is -0.463 e. The number of alkyl halides is 3. The van der Waals surface area contributed by atoms with Gasteiger partial charge in [0, 0.05) is 6.20 Å². The quantitative estimate of drug-likeness (QED) is 0.854. The van der Waals surface area contributed by atoms with Crippen molar-refractivity contribution < 1.29 is 27.4 Å². The van der Waals surface area contributed by atoms with Crippen LogP contribution in [0.3, 0.4) is 0 Å². The summed E-state index contributed by atoms with van der Waals surface area (Å²) in [4.78, 5) is 15.1. The first kappa shape index (κ1) is 15.1. The molecule has 19 heavy (non-hydrogen) atoms.